The number of hydrogen-bond acceptors (Lipinski definition) is 4. The number of thiocarbonyl (C=S) groups is 1. The van der Waals surface area contributed by atoms with Crippen molar-refractivity contribution >= 4 is 39.7 Å². The average Bonchev–Trinajstić information content (AvgIpc) is 3.01. The lowest BCUT2D eigenvalue weighted by molar-refractivity contribution is 0.454. The molecular formula is C24H25N5S. The van der Waals surface area contributed by atoms with Gasteiger partial charge >= 0.3 is 0 Å². The van der Waals surface area contributed by atoms with Crippen LogP contribution in [0.15, 0.2) is 48.5 Å². The van der Waals surface area contributed by atoms with E-state index in [1.165, 1.54) is 11.1 Å². The number of aryl methyl sites for hydroxylation is 2. The number of anilines is 2. The van der Waals surface area contributed by atoms with E-state index in [1.54, 1.807) is 0 Å². The number of pyridine rings is 1. The molecule has 1 aromatic heterocycles. The number of aromatic nitrogens is 1. The summed E-state index contributed by atoms with van der Waals surface area (Å²) in [6.07, 6.45) is 0.953. The highest BCUT2D eigenvalue weighted by Crippen LogP contribution is 2.26. The molecule has 30 heavy (non-hydrogen) atoms. The Labute approximate surface area is 182 Å². The van der Waals surface area contributed by atoms with E-state index in [4.69, 9.17) is 17.2 Å². The number of rotatable bonds is 2. The summed E-state index contributed by atoms with van der Waals surface area (Å²) in [5.41, 5.74) is 4.99. The van der Waals surface area contributed by atoms with Gasteiger partial charge in [-0.3, -0.25) is 0 Å². The topological polar surface area (TPSA) is 55.2 Å². The number of benzene rings is 2. The van der Waals surface area contributed by atoms with E-state index in [-0.39, 0.29) is 0 Å². The zero-order chi connectivity index (χ0) is 21.1. The van der Waals surface area contributed by atoms with Crippen molar-refractivity contribution in [2.75, 3.05) is 36.4 Å². The van der Waals surface area contributed by atoms with Crippen LogP contribution < -0.4 is 10.2 Å². The summed E-state index contributed by atoms with van der Waals surface area (Å²) in [7, 11) is 0. The second-order valence-electron chi connectivity index (χ2n) is 7.72. The quantitative estimate of drug-likeness (QED) is 0.616. The summed E-state index contributed by atoms with van der Waals surface area (Å²) < 4.78 is 0. The van der Waals surface area contributed by atoms with E-state index < -0.39 is 0 Å². The van der Waals surface area contributed by atoms with Gasteiger partial charge in [0.05, 0.1) is 11.1 Å². The highest BCUT2D eigenvalue weighted by Gasteiger charge is 2.21. The van der Waals surface area contributed by atoms with Gasteiger partial charge in [-0.15, -0.1) is 0 Å². The van der Waals surface area contributed by atoms with Crippen LogP contribution in [0.25, 0.3) is 10.9 Å². The van der Waals surface area contributed by atoms with Crippen LogP contribution >= 0.6 is 12.2 Å². The first kappa shape index (κ1) is 20.1. The molecule has 1 saturated heterocycles. The van der Waals surface area contributed by atoms with Crippen molar-refractivity contribution in [2.24, 2.45) is 0 Å². The molecule has 2 heterocycles. The molecule has 0 amide bonds. The van der Waals surface area contributed by atoms with Gasteiger partial charge in [0, 0.05) is 37.3 Å². The first-order valence-corrected chi connectivity index (χ1v) is 10.6. The molecule has 1 fully saturated rings. The van der Waals surface area contributed by atoms with Gasteiger partial charge in [-0.2, -0.15) is 5.26 Å². The Hall–Kier alpha value is -3.17. The average molecular weight is 416 g/mol. The second-order valence-corrected chi connectivity index (χ2v) is 8.11. The highest BCUT2D eigenvalue weighted by atomic mass is 32.1. The SMILES string of the molecule is Cc1cc2cc(C#N)c(N3CCCN(C(=S)Nc4ccccc4)CC3)nc2cc1C. The van der Waals surface area contributed by atoms with Gasteiger partial charge in [0.15, 0.2) is 5.11 Å². The lowest BCUT2D eigenvalue weighted by atomic mass is 10.0. The zero-order valence-electron chi connectivity index (χ0n) is 17.4. The maximum absolute atomic E-state index is 9.75. The summed E-state index contributed by atoms with van der Waals surface area (Å²) in [5, 5.41) is 14.8. The van der Waals surface area contributed by atoms with Gasteiger partial charge in [-0.05, 0) is 73.9 Å². The number of para-hydroxylation sites is 1. The van der Waals surface area contributed by atoms with Crippen LogP contribution in [0.1, 0.15) is 23.1 Å². The van der Waals surface area contributed by atoms with Crippen LogP contribution in [-0.4, -0.2) is 41.2 Å². The molecule has 0 aliphatic carbocycles. The molecule has 5 nitrogen and oxygen atoms in total. The standard InChI is InChI=1S/C24H25N5S/c1-17-13-19-15-20(16-25)23(27-22(19)14-18(17)2)28-9-6-10-29(12-11-28)24(30)26-21-7-4-3-5-8-21/h3-5,7-8,13-15H,6,9-12H2,1-2H3,(H,26,30). The van der Waals surface area contributed by atoms with Crippen molar-refractivity contribution in [1.29, 1.82) is 5.26 Å². The predicted octanol–water partition coefficient (Wildman–Crippen LogP) is 4.63. The fraction of sp³-hybridized carbons (Fsp3) is 0.292. The number of nitrogens with zero attached hydrogens (tertiary/aromatic N) is 4. The largest absolute Gasteiger partial charge is 0.354 e. The molecule has 1 N–H and O–H groups in total. The molecule has 1 aliphatic heterocycles. The molecule has 3 aromatic rings. The van der Waals surface area contributed by atoms with Crippen LogP contribution in [0, 0.1) is 25.2 Å². The Kier molecular flexibility index (Phi) is 5.82. The van der Waals surface area contributed by atoms with E-state index in [0.29, 0.717) is 5.56 Å². The third-order valence-corrected chi connectivity index (χ3v) is 6.00. The summed E-state index contributed by atoms with van der Waals surface area (Å²) in [4.78, 5) is 9.31. The molecule has 6 heteroatoms. The summed E-state index contributed by atoms with van der Waals surface area (Å²) in [6.45, 7) is 7.47. The molecule has 0 bridgehead atoms. The highest BCUT2D eigenvalue weighted by molar-refractivity contribution is 7.80. The third-order valence-electron chi connectivity index (χ3n) is 5.64. The van der Waals surface area contributed by atoms with E-state index >= 15 is 0 Å². The lowest BCUT2D eigenvalue weighted by Crippen LogP contribution is -2.38. The first-order valence-electron chi connectivity index (χ1n) is 10.2. The first-order chi connectivity index (χ1) is 14.5. The molecule has 4 rings (SSSR count). The van der Waals surface area contributed by atoms with Crippen LogP contribution in [0.4, 0.5) is 11.5 Å². The molecule has 0 spiro atoms. The van der Waals surface area contributed by atoms with Crippen molar-refractivity contribution in [1.82, 2.24) is 9.88 Å². The molecule has 0 atom stereocenters. The normalized spacial score (nSPS) is 14.3. The van der Waals surface area contributed by atoms with E-state index in [1.807, 2.05) is 36.4 Å². The fourth-order valence-corrected chi connectivity index (χ4v) is 4.11. The Bertz CT molecular complexity index is 1120. The Balaban J connectivity index is 1.54. The number of fused-ring (bicyclic) bond motifs is 1. The number of nitriles is 1. The second kappa shape index (κ2) is 8.68. The maximum atomic E-state index is 9.75. The molecule has 0 unspecified atom stereocenters. The van der Waals surface area contributed by atoms with Crippen molar-refractivity contribution in [3.63, 3.8) is 0 Å². The third kappa shape index (κ3) is 4.22. The summed E-state index contributed by atoms with van der Waals surface area (Å²) in [5.74, 6) is 0.775. The molecule has 152 valence electrons. The van der Waals surface area contributed by atoms with Crippen molar-refractivity contribution in [3.8, 4) is 6.07 Å². The van der Waals surface area contributed by atoms with Gasteiger partial charge in [0.1, 0.15) is 11.9 Å². The number of hydrogen-bond donors (Lipinski definition) is 1. The maximum Gasteiger partial charge on any atom is 0.173 e. The molecule has 0 radical (unpaired) electrons. The summed E-state index contributed by atoms with van der Waals surface area (Å²) >= 11 is 5.64. The fourth-order valence-electron chi connectivity index (χ4n) is 3.81. The molecule has 2 aromatic carbocycles. The Morgan fingerprint density at radius 3 is 2.57 bits per heavy atom. The van der Waals surface area contributed by atoms with Crippen LogP contribution in [-0.2, 0) is 0 Å². The van der Waals surface area contributed by atoms with Crippen molar-refractivity contribution < 1.29 is 0 Å². The van der Waals surface area contributed by atoms with Gasteiger partial charge in [0.2, 0.25) is 0 Å². The smallest absolute Gasteiger partial charge is 0.173 e. The molecular weight excluding hydrogens is 390 g/mol. The van der Waals surface area contributed by atoms with E-state index in [9.17, 15) is 5.26 Å². The Morgan fingerprint density at radius 1 is 1.03 bits per heavy atom. The van der Waals surface area contributed by atoms with Gasteiger partial charge in [-0.25, -0.2) is 4.98 Å². The molecule has 0 saturated carbocycles. The van der Waals surface area contributed by atoms with Gasteiger partial charge in [0.25, 0.3) is 0 Å². The van der Waals surface area contributed by atoms with Gasteiger partial charge < -0.3 is 15.1 Å². The van der Waals surface area contributed by atoms with Gasteiger partial charge in [-0.1, -0.05) is 18.2 Å². The minimum Gasteiger partial charge on any atom is -0.354 e. The van der Waals surface area contributed by atoms with E-state index in [0.717, 1.165) is 60.1 Å². The minimum atomic E-state index is 0.629. The summed E-state index contributed by atoms with van der Waals surface area (Å²) in [6, 6.07) is 18.5. The minimum absolute atomic E-state index is 0.629. The van der Waals surface area contributed by atoms with Crippen molar-refractivity contribution in [2.45, 2.75) is 20.3 Å². The lowest BCUT2D eigenvalue weighted by Gasteiger charge is -2.25. The van der Waals surface area contributed by atoms with E-state index in [2.05, 4.69) is 47.2 Å². The number of nitrogens with one attached hydrogen (secondary N) is 1. The zero-order valence-corrected chi connectivity index (χ0v) is 18.2. The van der Waals surface area contributed by atoms with Crippen molar-refractivity contribution in [3.05, 3.63) is 65.2 Å². The Morgan fingerprint density at radius 2 is 1.80 bits per heavy atom. The van der Waals surface area contributed by atoms with Crippen LogP contribution in [0.3, 0.4) is 0 Å². The van der Waals surface area contributed by atoms with Crippen LogP contribution in [0.2, 0.25) is 0 Å². The molecule has 1 aliphatic rings. The predicted molar refractivity (Wildman–Crippen MR) is 127 cm³/mol. The van der Waals surface area contributed by atoms with Crippen LogP contribution in [0.5, 0.6) is 0 Å². The monoisotopic (exact) mass is 415 g/mol.